The molecule has 2 rings (SSSR count). The maximum absolute atomic E-state index is 13.0. The highest BCUT2D eigenvalue weighted by atomic mass is 16.5. The van der Waals surface area contributed by atoms with Gasteiger partial charge >= 0.3 is 0 Å². The summed E-state index contributed by atoms with van der Waals surface area (Å²) in [6.07, 6.45) is 0.349. The Morgan fingerprint density at radius 1 is 1.06 bits per heavy atom. The second-order valence-electron chi connectivity index (χ2n) is 10.4. The summed E-state index contributed by atoms with van der Waals surface area (Å²) in [4.78, 5) is 27.3. The molecule has 1 N–H and O–H groups in total. The average molecular weight is 459 g/mol. The van der Waals surface area contributed by atoms with Gasteiger partial charge in [0.2, 0.25) is 11.8 Å². The minimum Gasteiger partial charge on any atom is -0.497 e. The van der Waals surface area contributed by atoms with Gasteiger partial charge in [-0.2, -0.15) is 5.10 Å². The minimum atomic E-state index is -0.288. The van der Waals surface area contributed by atoms with E-state index in [0.717, 1.165) is 17.1 Å². The van der Waals surface area contributed by atoms with Crippen LogP contribution >= 0.6 is 0 Å². The van der Waals surface area contributed by atoms with Crippen LogP contribution in [0.3, 0.4) is 0 Å². The van der Waals surface area contributed by atoms with E-state index in [0.29, 0.717) is 25.4 Å². The number of amides is 2. The van der Waals surface area contributed by atoms with Gasteiger partial charge in [0, 0.05) is 31.6 Å². The first-order chi connectivity index (χ1) is 15.3. The molecule has 0 bridgehead atoms. The molecule has 2 amide bonds. The Morgan fingerprint density at radius 2 is 1.70 bits per heavy atom. The Kier molecular flexibility index (Phi) is 8.66. The van der Waals surface area contributed by atoms with E-state index >= 15 is 0 Å². The Labute approximate surface area is 197 Å². The second-order valence-corrected chi connectivity index (χ2v) is 10.4. The van der Waals surface area contributed by atoms with E-state index in [9.17, 15) is 9.59 Å². The standard InChI is InChI=1S/C25H38N4O4/c1-24(2,3)16-23(31)28(13-14-32-7)17-22(30)26-21-15-20(25(4,5)6)27-29(21)18-9-11-19(33-8)12-10-18/h9-12,15H,13-14,16-17H2,1-8H3,(H,26,30). The van der Waals surface area contributed by atoms with E-state index in [-0.39, 0.29) is 29.2 Å². The van der Waals surface area contributed by atoms with Gasteiger partial charge in [0.05, 0.1) is 31.6 Å². The van der Waals surface area contributed by atoms with E-state index in [1.807, 2.05) is 51.1 Å². The Hall–Kier alpha value is -2.87. The van der Waals surface area contributed by atoms with Gasteiger partial charge in [-0.3, -0.25) is 9.59 Å². The van der Waals surface area contributed by atoms with Crippen molar-refractivity contribution in [3.8, 4) is 11.4 Å². The van der Waals surface area contributed by atoms with Crippen LogP contribution in [0.15, 0.2) is 30.3 Å². The molecule has 8 heteroatoms. The average Bonchev–Trinajstić information content (AvgIpc) is 3.14. The van der Waals surface area contributed by atoms with E-state index in [2.05, 4.69) is 26.1 Å². The number of carbonyl (C=O) groups is 2. The van der Waals surface area contributed by atoms with Gasteiger partial charge in [0.1, 0.15) is 11.6 Å². The van der Waals surface area contributed by atoms with Crippen molar-refractivity contribution < 1.29 is 19.1 Å². The lowest BCUT2D eigenvalue weighted by Gasteiger charge is -2.26. The van der Waals surface area contributed by atoms with Crippen LogP contribution in [0.5, 0.6) is 5.75 Å². The molecule has 0 fully saturated rings. The molecule has 0 unspecified atom stereocenters. The zero-order valence-electron chi connectivity index (χ0n) is 21.2. The molecule has 1 aromatic heterocycles. The van der Waals surface area contributed by atoms with Crippen molar-refractivity contribution in [3.05, 3.63) is 36.0 Å². The summed E-state index contributed by atoms with van der Waals surface area (Å²) in [6.45, 7) is 12.9. The summed E-state index contributed by atoms with van der Waals surface area (Å²) in [6, 6.07) is 9.32. The van der Waals surface area contributed by atoms with Crippen LogP contribution in [0.2, 0.25) is 0 Å². The molecule has 2 aromatic rings. The van der Waals surface area contributed by atoms with Crippen LogP contribution in [0.25, 0.3) is 5.69 Å². The molecule has 0 atom stereocenters. The van der Waals surface area contributed by atoms with Gasteiger partial charge in [-0.25, -0.2) is 4.68 Å². The van der Waals surface area contributed by atoms with Gasteiger partial charge in [-0.15, -0.1) is 0 Å². The predicted molar refractivity (Wildman–Crippen MR) is 130 cm³/mol. The normalized spacial score (nSPS) is 11.9. The first-order valence-electron chi connectivity index (χ1n) is 11.2. The maximum Gasteiger partial charge on any atom is 0.245 e. The molecule has 1 aromatic carbocycles. The zero-order chi connectivity index (χ0) is 24.8. The van der Waals surface area contributed by atoms with Crippen molar-refractivity contribution >= 4 is 17.6 Å². The van der Waals surface area contributed by atoms with Crippen molar-refractivity contribution in [1.29, 1.82) is 0 Å². The summed E-state index contributed by atoms with van der Waals surface area (Å²) in [7, 11) is 3.19. The van der Waals surface area contributed by atoms with Crippen molar-refractivity contribution in [2.45, 2.75) is 53.4 Å². The maximum atomic E-state index is 13.0. The number of nitrogens with zero attached hydrogens (tertiary/aromatic N) is 3. The number of anilines is 1. The van der Waals surface area contributed by atoms with Crippen molar-refractivity contribution in [1.82, 2.24) is 14.7 Å². The molecule has 0 aliphatic carbocycles. The molecule has 0 saturated heterocycles. The molecule has 0 aliphatic heterocycles. The van der Waals surface area contributed by atoms with E-state index in [4.69, 9.17) is 14.6 Å². The zero-order valence-corrected chi connectivity index (χ0v) is 21.2. The molecular formula is C25H38N4O4. The molecular weight excluding hydrogens is 420 g/mol. The first-order valence-corrected chi connectivity index (χ1v) is 11.2. The van der Waals surface area contributed by atoms with E-state index < -0.39 is 0 Å². The monoisotopic (exact) mass is 458 g/mol. The summed E-state index contributed by atoms with van der Waals surface area (Å²) >= 11 is 0. The lowest BCUT2D eigenvalue weighted by Crippen LogP contribution is -2.41. The number of nitrogens with one attached hydrogen (secondary N) is 1. The number of aromatic nitrogens is 2. The third kappa shape index (κ3) is 7.89. The van der Waals surface area contributed by atoms with E-state index in [1.165, 1.54) is 0 Å². The minimum absolute atomic E-state index is 0.0586. The Morgan fingerprint density at radius 3 is 2.21 bits per heavy atom. The lowest BCUT2D eigenvalue weighted by molar-refractivity contribution is -0.136. The first kappa shape index (κ1) is 26.4. The molecule has 8 nitrogen and oxygen atoms in total. The summed E-state index contributed by atoms with van der Waals surface area (Å²) in [5, 5.41) is 7.68. The largest absolute Gasteiger partial charge is 0.497 e. The fourth-order valence-corrected chi connectivity index (χ4v) is 3.17. The van der Waals surface area contributed by atoms with Gasteiger partial charge < -0.3 is 19.7 Å². The van der Waals surface area contributed by atoms with Crippen LogP contribution in [-0.2, 0) is 19.7 Å². The SMILES string of the molecule is COCCN(CC(=O)Nc1cc(C(C)(C)C)nn1-c1ccc(OC)cc1)C(=O)CC(C)(C)C. The van der Waals surface area contributed by atoms with Gasteiger partial charge in [0.25, 0.3) is 0 Å². The third-order valence-electron chi connectivity index (χ3n) is 5.00. The number of hydrogen-bond acceptors (Lipinski definition) is 5. The van der Waals surface area contributed by atoms with Crippen LogP contribution in [0, 0.1) is 5.41 Å². The molecule has 33 heavy (non-hydrogen) atoms. The fourth-order valence-electron chi connectivity index (χ4n) is 3.17. The molecule has 0 spiro atoms. The number of methoxy groups -OCH3 is 2. The van der Waals surface area contributed by atoms with Gasteiger partial charge in [0.15, 0.2) is 0 Å². The number of carbonyl (C=O) groups excluding carboxylic acids is 2. The molecule has 0 radical (unpaired) electrons. The number of ether oxygens (including phenoxy) is 2. The smallest absolute Gasteiger partial charge is 0.245 e. The summed E-state index contributed by atoms with van der Waals surface area (Å²) in [5.41, 5.74) is 1.26. The fraction of sp³-hybridized carbons (Fsp3) is 0.560. The quantitative estimate of drug-likeness (QED) is 0.613. The highest BCUT2D eigenvalue weighted by Gasteiger charge is 2.25. The van der Waals surface area contributed by atoms with Gasteiger partial charge in [-0.1, -0.05) is 41.5 Å². The lowest BCUT2D eigenvalue weighted by atomic mass is 9.91. The molecule has 1 heterocycles. The Balaban J connectivity index is 2.28. The number of hydrogen-bond donors (Lipinski definition) is 1. The topological polar surface area (TPSA) is 85.7 Å². The summed E-state index contributed by atoms with van der Waals surface area (Å²) in [5.74, 6) is 0.918. The van der Waals surface area contributed by atoms with Crippen LogP contribution in [0.1, 0.15) is 53.7 Å². The van der Waals surface area contributed by atoms with Crippen molar-refractivity contribution in [3.63, 3.8) is 0 Å². The molecule has 0 aliphatic rings. The number of benzene rings is 1. The predicted octanol–water partition coefficient (Wildman–Crippen LogP) is 4.03. The second kappa shape index (κ2) is 10.8. The Bertz CT molecular complexity index is 937. The van der Waals surface area contributed by atoms with Gasteiger partial charge in [-0.05, 0) is 29.7 Å². The third-order valence-corrected chi connectivity index (χ3v) is 5.00. The highest BCUT2D eigenvalue weighted by molar-refractivity contribution is 5.94. The van der Waals surface area contributed by atoms with Crippen molar-refractivity contribution in [2.24, 2.45) is 5.41 Å². The van der Waals surface area contributed by atoms with Crippen molar-refractivity contribution in [2.75, 3.05) is 39.2 Å². The summed E-state index contributed by atoms with van der Waals surface area (Å²) < 4.78 is 12.1. The van der Waals surface area contributed by atoms with Crippen LogP contribution in [-0.4, -0.2) is 60.4 Å². The van der Waals surface area contributed by atoms with Crippen LogP contribution in [0.4, 0.5) is 5.82 Å². The highest BCUT2D eigenvalue weighted by Crippen LogP contribution is 2.27. The number of rotatable bonds is 9. The molecule has 182 valence electrons. The molecule has 0 saturated carbocycles. The van der Waals surface area contributed by atoms with Crippen LogP contribution < -0.4 is 10.1 Å². The van der Waals surface area contributed by atoms with E-state index in [1.54, 1.807) is 23.8 Å².